The van der Waals surface area contributed by atoms with Crippen LogP contribution < -0.4 is 0 Å². The van der Waals surface area contributed by atoms with Gasteiger partial charge in [0.05, 0.1) is 23.6 Å². The lowest BCUT2D eigenvalue weighted by atomic mass is 10.1. The Bertz CT molecular complexity index is 415. The van der Waals surface area contributed by atoms with E-state index in [-0.39, 0.29) is 17.5 Å². The molecule has 2 heterocycles. The molecule has 2 saturated heterocycles. The third-order valence-corrected chi connectivity index (χ3v) is 4.79. The Morgan fingerprint density at radius 2 is 2.00 bits per heavy atom. The molecule has 0 aromatic carbocycles. The average molecular weight is 302 g/mol. The van der Waals surface area contributed by atoms with Crippen molar-refractivity contribution in [2.45, 2.75) is 50.8 Å². The van der Waals surface area contributed by atoms with Gasteiger partial charge in [-0.05, 0) is 27.7 Å². The first-order chi connectivity index (χ1) is 9.21. The zero-order chi connectivity index (χ0) is 15.1. The Balaban J connectivity index is 2.15. The Labute approximate surface area is 123 Å². The van der Waals surface area contributed by atoms with Crippen molar-refractivity contribution in [3.63, 3.8) is 0 Å². The van der Waals surface area contributed by atoms with E-state index in [1.54, 1.807) is 4.90 Å². The number of carboxylic acid groups (broad SMARTS) is 1. The van der Waals surface area contributed by atoms with Gasteiger partial charge in [0.25, 0.3) is 0 Å². The van der Waals surface area contributed by atoms with Crippen molar-refractivity contribution in [2.75, 3.05) is 18.8 Å². The molecule has 0 spiro atoms. The summed E-state index contributed by atoms with van der Waals surface area (Å²) < 4.78 is 5.78. The normalized spacial score (nSPS) is 33.3. The molecule has 7 heteroatoms. The first-order valence-corrected chi connectivity index (χ1v) is 7.85. The van der Waals surface area contributed by atoms with Crippen molar-refractivity contribution in [2.24, 2.45) is 0 Å². The number of hydrogen-bond donors (Lipinski definition) is 1. The molecule has 0 aromatic heterocycles. The van der Waals surface area contributed by atoms with E-state index in [1.807, 2.05) is 27.7 Å². The van der Waals surface area contributed by atoms with Crippen LogP contribution >= 0.6 is 11.8 Å². The molecule has 20 heavy (non-hydrogen) atoms. The Kier molecular flexibility index (Phi) is 4.20. The molecule has 0 bridgehead atoms. The van der Waals surface area contributed by atoms with E-state index >= 15 is 0 Å². The minimum absolute atomic E-state index is 0.0449. The standard InChI is InChI=1S/C13H22N2O4S/c1-8-5-14(7-13(3,4)19-8)12(18)15-9(2)20-6-10(15)11(16)17/h8-10H,5-7H2,1-4H3,(H,16,17). The molecule has 1 N–H and O–H groups in total. The lowest BCUT2D eigenvalue weighted by molar-refractivity contribution is -0.142. The third-order valence-electron chi connectivity index (χ3n) is 3.57. The highest BCUT2D eigenvalue weighted by Gasteiger charge is 2.43. The molecule has 0 radical (unpaired) electrons. The monoisotopic (exact) mass is 302 g/mol. The van der Waals surface area contributed by atoms with Crippen molar-refractivity contribution in [1.29, 1.82) is 0 Å². The molecule has 2 fully saturated rings. The van der Waals surface area contributed by atoms with Crippen molar-refractivity contribution in [3.05, 3.63) is 0 Å². The van der Waals surface area contributed by atoms with Gasteiger partial charge in [-0.3, -0.25) is 4.90 Å². The number of nitrogens with zero attached hydrogens (tertiary/aromatic N) is 2. The van der Waals surface area contributed by atoms with Gasteiger partial charge in [0.1, 0.15) is 6.04 Å². The number of thioether (sulfide) groups is 1. The summed E-state index contributed by atoms with van der Waals surface area (Å²) in [5.74, 6) is -0.485. The van der Waals surface area contributed by atoms with Crippen LogP contribution in [0.5, 0.6) is 0 Å². The second-order valence-electron chi connectivity index (χ2n) is 6.05. The van der Waals surface area contributed by atoms with Crippen molar-refractivity contribution in [3.8, 4) is 0 Å². The lowest BCUT2D eigenvalue weighted by Crippen LogP contribution is -2.59. The van der Waals surface area contributed by atoms with Gasteiger partial charge in [0.2, 0.25) is 0 Å². The predicted octanol–water partition coefficient (Wildman–Crippen LogP) is 1.45. The summed E-state index contributed by atoms with van der Waals surface area (Å²) in [6, 6.07) is -0.929. The van der Waals surface area contributed by atoms with E-state index in [0.717, 1.165) is 0 Å². The summed E-state index contributed by atoms with van der Waals surface area (Å²) in [5.41, 5.74) is -0.401. The second kappa shape index (κ2) is 5.44. The van der Waals surface area contributed by atoms with Crippen LogP contribution in [-0.2, 0) is 9.53 Å². The van der Waals surface area contributed by atoms with Crippen LogP contribution in [0, 0.1) is 0 Å². The lowest BCUT2D eigenvalue weighted by Gasteiger charge is -2.43. The first kappa shape index (κ1) is 15.4. The summed E-state index contributed by atoms with van der Waals surface area (Å²) in [7, 11) is 0. The zero-order valence-corrected chi connectivity index (χ0v) is 13.1. The van der Waals surface area contributed by atoms with Gasteiger partial charge in [0, 0.05) is 12.3 Å². The maximum atomic E-state index is 12.7. The number of morpholine rings is 1. The number of hydrogen-bond acceptors (Lipinski definition) is 4. The number of amides is 2. The maximum absolute atomic E-state index is 12.7. The number of carboxylic acids is 1. The van der Waals surface area contributed by atoms with Crippen molar-refractivity contribution >= 4 is 23.8 Å². The van der Waals surface area contributed by atoms with Gasteiger partial charge < -0.3 is 14.7 Å². The molecule has 0 aliphatic carbocycles. The fourth-order valence-electron chi connectivity index (χ4n) is 2.89. The Morgan fingerprint density at radius 3 is 2.55 bits per heavy atom. The zero-order valence-electron chi connectivity index (χ0n) is 12.3. The van der Waals surface area contributed by atoms with Crippen LogP contribution in [0.4, 0.5) is 4.79 Å². The topological polar surface area (TPSA) is 70.1 Å². The Morgan fingerprint density at radius 1 is 1.35 bits per heavy atom. The molecular formula is C13H22N2O4S. The van der Waals surface area contributed by atoms with Crippen molar-refractivity contribution < 1.29 is 19.4 Å². The first-order valence-electron chi connectivity index (χ1n) is 6.81. The molecule has 6 nitrogen and oxygen atoms in total. The van der Waals surface area contributed by atoms with Gasteiger partial charge in [-0.25, -0.2) is 9.59 Å². The molecule has 3 unspecified atom stereocenters. The molecule has 2 aliphatic heterocycles. The molecule has 114 valence electrons. The molecule has 2 aliphatic rings. The number of rotatable bonds is 1. The number of ether oxygens (including phenoxy) is 1. The van der Waals surface area contributed by atoms with E-state index in [2.05, 4.69) is 0 Å². The van der Waals surface area contributed by atoms with Crippen LogP contribution in [0.2, 0.25) is 0 Å². The van der Waals surface area contributed by atoms with E-state index in [0.29, 0.717) is 18.8 Å². The van der Waals surface area contributed by atoms with Crippen LogP contribution in [0.1, 0.15) is 27.7 Å². The average Bonchev–Trinajstić information content (AvgIpc) is 2.67. The predicted molar refractivity (Wildman–Crippen MR) is 76.8 cm³/mol. The summed E-state index contributed by atoms with van der Waals surface area (Å²) in [5, 5.41) is 9.15. The highest BCUT2D eigenvalue weighted by atomic mass is 32.2. The minimum atomic E-state index is -0.934. The summed E-state index contributed by atoms with van der Waals surface area (Å²) in [4.78, 5) is 27.2. The van der Waals surface area contributed by atoms with Gasteiger partial charge in [-0.15, -0.1) is 11.8 Å². The minimum Gasteiger partial charge on any atom is -0.480 e. The summed E-state index contributed by atoms with van der Waals surface area (Å²) in [6.45, 7) is 8.68. The van der Waals surface area contributed by atoms with E-state index in [4.69, 9.17) is 4.74 Å². The maximum Gasteiger partial charge on any atom is 0.327 e. The molecule has 2 amide bonds. The number of carbonyl (C=O) groups is 2. The van der Waals surface area contributed by atoms with Crippen LogP contribution in [0.3, 0.4) is 0 Å². The van der Waals surface area contributed by atoms with Crippen LogP contribution in [0.25, 0.3) is 0 Å². The largest absolute Gasteiger partial charge is 0.480 e. The summed E-state index contributed by atoms with van der Waals surface area (Å²) in [6.07, 6.45) is -0.0449. The second-order valence-corrected chi connectivity index (χ2v) is 7.39. The quantitative estimate of drug-likeness (QED) is 0.794. The smallest absolute Gasteiger partial charge is 0.327 e. The van der Waals surface area contributed by atoms with Gasteiger partial charge in [-0.1, -0.05) is 0 Å². The van der Waals surface area contributed by atoms with Crippen LogP contribution in [-0.4, -0.2) is 68.9 Å². The highest BCUT2D eigenvalue weighted by Crippen LogP contribution is 2.31. The van der Waals surface area contributed by atoms with Crippen LogP contribution in [0.15, 0.2) is 0 Å². The van der Waals surface area contributed by atoms with Gasteiger partial charge in [-0.2, -0.15) is 0 Å². The van der Waals surface area contributed by atoms with E-state index in [1.165, 1.54) is 16.7 Å². The molecule has 0 aromatic rings. The van der Waals surface area contributed by atoms with E-state index in [9.17, 15) is 14.7 Å². The fourth-order valence-corrected chi connectivity index (χ4v) is 4.05. The summed E-state index contributed by atoms with van der Waals surface area (Å²) >= 11 is 1.50. The van der Waals surface area contributed by atoms with Gasteiger partial charge in [0.15, 0.2) is 0 Å². The SMILES string of the molecule is CC1CN(C(=O)N2C(C)SCC2C(=O)O)CC(C)(C)O1. The third kappa shape index (κ3) is 3.03. The molecule has 2 rings (SSSR count). The fraction of sp³-hybridized carbons (Fsp3) is 0.846. The molecule has 3 atom stereocenters. The van der Waals surface area contributed by atoms with E-state index < -0.39 is 17.6 Å². The number of carbonyl (C=O) groups excluding carboxylic acids is 1. The molecular weight excluding hydrogens is 280 g/mol. The van der Waals surface area contributed by atoms with Crippen molar-refractivity contribution in [1.82, 2.24) is 9.80 Å². The molecule has 0 saturated carbocycles. The number of aliphatic carboxylic acids is 1. The Hall–Kier alpha value is -0.950. The van der Waals surface area contributed by atoms with Gasteiger partial charge >= 0.3 is 12.0 Å². The number of urea groups is 1. The highest BCUT2D eigenvalue weighted by molar-refractivity contribution is 8.00.